The van der Waals surface area contributed by atoms with Crippen molar-refractivity contribution in [1.82, 2.24) is 13.3 Å². The average Bonchev–Trinajstić information content (AvgIpc) is 2.43. The smallest absolute Gasteiger partial charge is 0.210 e. The van der Waals surface area contributed by atoms with Crippen molar-refractivity contribution >= 4 is 42.1 Å². The summed E-state index contributed by atoms with van der Waals surface area (Å²) in [5.41, 5.74) is 0. The summed E-state index contributed by atoms with van der Waals surface area (Å²) in [6.45, 7) is 0. The normalized spacial score (nSPS) is 11.7. The lowest BCUT2D eigenvalue weighted by atomic mass is 10.7. The first-order valence-electron chi connectivity index (χ1n) is 3.59. The van der Waals surface area contributed by atoms with Gasteiger partial charge in [0.1, 0.15) is 15.3 Å². The van der Waals surface area contributed by atoms with Crippen molar-refractivity contribution < 1.29 is 8.42 Å². The molecule has 0 aliphatic carbocycles. The Morgan fingerprint density at radius 1 is 1.47 bits per heavy atom. The monoisotopic (exact) mass is 356 g/mol. The molecule has 0 spiro atoms. The van der Waals surface area contributed by atoms with Crippen molar-refractivity contribution in [2.24, 2.45) is 0 Å². The van der Waals surface area contributed by atoms with E-state index in [2.05, 4.69) is 36.8 Å². The number of rotatable bonds is 2. The molecule has 0 fully saturated rings. The Bertz CT molecular complexity index is 528. The second kappa shape index (κ2) is 4.21. The summed E-state index contributed by atoms with van der Waals surface area (Å²) in [4.78, 5) is 3.74. The molecule has 6 nitrogen and oxygen atoms in total. The van der Waals surface area contributed by atoms with Crippen LogP contribution >= 0.6 is 31.9 Å². The molecule has 15 heavy (non-hydrogen) atoms. The topological polar surface area (TPSA) is 79.0 Å². The first-order valence-corrected chi connectivity index (χ1v) is 6.57. The average molecular weight is 358 g/mol. The zero-order valence-corrected chi connectivity index (χ0v) is 11.8. The second-order valence-corrected chi connectivity index (χ2v) is 6.18. The minimum atomic E-state index is -3.74. The Balaban J connectivity index is 3.59. The van der Waals surface area contributed by atoms with Crippen LogP contribution < -0.4 is 0 Å². The molecule has 0 aromatic carbocycles. The van der Waals surface area contributed by atoms with Crippen molar-refractivity contribution in [2.45, 2.75) is 0 Å². The third-order valence-corrected chi connectivity index (χ3v) is 5.33. The summed E-state index contributed by atoms with van der Waals surface area (Å²) in [5.74, 6) is -0.206. The minimum absolute atomic E-state index is 0.188. The highest BCUT2D eigenvalue weighted by Crippen LogP contribution is 2.25. The molecule has 1 rings (SSSR count). The largest absolute Gasteiger partial charge is 0.310 e. The molecule has 0 unspecified atom stereocenters. The molecule has 0 atom stereocenters. The van der Waals surface area contributed by atoms with Crippen molar-refractivity contribution in [3.8, 4) is 6.07 Å². The zero-order chi connectivity index (χ0) is 11.8. The van der Waals surface area contributed by atoms with E-state index in [0.717, 1.165) is 8.28 Å². The van der Waals surface area contributed by atoms with Gasteiger partial charge >= 0.3 is 10.2 Å². The lowest BCUT2D eigenvalue weighted by Crippen LogP contribution is -2.29. The van der Waals surface area contributed by atoms with E-state index in [1.807, 2.05) is 0 Å². The van der Waals surface area contributed by atoms with E-state index in [1.54, 1.807) is 6.07 Å². The lowest BCUT2D eigenvalue weighted by molar-refractivity contribution is 0.509. The Hall–Kier alpha value is -0.430. The fourth-order valence-electron chi connectivity index (χ4n) is 0.806. The van der Waals surface area contributed by atoms with Crippen LogP contribution in [0.5, 0.6) is 0 Å². The maximum atomic E-state index is 11.8. The van der Waals surface area contributed by atoms with Crippen LogP contribution in [0, 0.1) is 11.3 Å². The fraction of sp³-hybridized carbons (Fsp3) is 0.333. The summed E-state index contributed by atoms with van der Waals surface area (Å²) in [6.07, 6.45) is 0. The predicted octanol–water partition coefficient (Wildman–Crippen LogP) is 0.934. The van der Waals surface area contributed by atoms with Crippen LogP contribution in [0.4, 0.5) is 0 Å². The summed E-state index contributed by atoms with van der Waals surface area (Å²) in [5, 5.41) is 8.74. The van der Waals surface area contributed by atoms with Gasteiger partial charge in [-0.3, -0.25) is 0 Å². The van der Waals surface area contributed by atoms with Crippen molar-refractivity contribution in [3.63, 3.8) is 0 Å². The molecule has 1 aromatic rings. The van der Waals surface area contributed by atoms with E-state index < -0.39 is 10.2 Å². The Morgan fingerprint density at radius 3 is 2.40 bits per heavy atom. The van der Waals surface area contributed by atoms with Gasteiger partial charge in [0.05, 0.1) is 0 Å². The number of halogens is 2. The van der Waals surface area contributed by atoms with Gasteiger partial charge in [0.2, 0.25) is 5.82 Å². The van der Waals surface area contributed by atoms with Crippen molar-refractivity contribution in [2.75, 3.05) is 14.1 Å². The Labute approximate surface area is 104 Å². The summed E-state index contributed by atoms with van der Waals surface area (Å²) in [7, 11) is -0.998. The van der Waals surface area contributed by atoms with Gasteiger partial charge < -0.3 is 0 Å². The highest BCUT2D eigenvalue weighted by Gasteiger charge is 2.25. The van der Waals surface area contributed by atoms with Crippen molar-refractivity contribution in [1.29, 1.82) is 5.26 Å². The maximum absolute atomic E-state index is 11.8. The van der Waals surface area contributed by atoms with Crippen LogP contribution in [0.15, 0.2) is 9.21 Å². The zero-order valence-electron chi connectivity index (χ0n) is 7.77. The molecule has 0 aliphatic heterocycles. The Kier molecular flexibility index (Phi) is 3.55. The molecule has 1 heterocycles. The molecule has 0 N–H and O–H groups in total. The Morgan fingerprint density at radius 2 is 2.00 bits per heavy atom. The lowest BCUT2D eigenvalue weighted by Gasteiger charge is -2.12. The highest BCUT2D eigenvalue weighted by molar-refractivity contribution is 9.13. The second-order valence-electron chi connectivity index (χ2n) is 2.68. The number of nitriles is 1. The van der Waals surface area contributed by atoms with Gasteiger partial charge in [0.25, 0.3) is 0 Å². The first-order chi connectivity index (χ1) is 6.82. The minimum Gasteiger partial charge on any atom is -0.210 e. The molecular weight excluding hydrogens is 352 g/mol. The molecule has 82 valence electrons. The molecule has 0 saturated carbocycles. The number of aromatic nitrogens is 2. The van der Waals surface area contributed by atoms with Crippen LogP contribution in [0.1, 0.15) is 5.82 Å². The highest BCUT2D eigenvalue weighted by atomic mass is 79.9. The number of imidazole rings is 1. The molecule has 0 saturated heterocycles. The van der Waals surface area contributed by atoms with Crippen molar-refractivity contribution in [3.05, 3.63) is 15.0 Å². The van der Waals surface area contributed by atoms with E-state index in [9.17, 15) is 8.42 Å². The predicted molar refractivity (Wildman–Crippen MR) is 60.3 cm³/mol. The van der Waals surface area contributed by atoms with Gasteiger partial charge in [-0.15, -0.1) is 0 Å². The van der Waals surface area contributed by atoms with Gasteiger partial charge in [0.15, 0.2) is 0 Å². The van der Waals surface area contributed by atoms with Crippen LogP contribution in [0.2, 0.25) is 0 Å². The maximum Gasteiger partial charge on any atom is 0.310 e. The third kappa shape index (κ3) is 2.08. The SMILES string of the molecule is CN(C)S(=O)(=O)n1c(C#N)nc(Br)c1Br. The van der Waals surface area contributed by atoms with Gasteiger partial charge in [0, 0.05) is 14.1 Å². The molecule has 0 bridgehead atoms. The summed E-state index contributed by atoms with van der Waals surface area (Å²) >= 11 is 6.08. The van der Waals surface area contributed by atoms with Gasteiger partial charge in [-0.1, -0.05) is 0 Å². The molecular formula is C6H6Br2N4O2S. The van der Waals surface area contributed by atoms with Crippen LogP contribution in [0.3, 0.4) is 0 Å². The molecule has 0 radical (unpaired) electrons. The van der Waals surface area contributed by atoms with Gasteiger partial charge in [-0.25, -0.2) is 4.98 Å². The van der Waals surface area contributed by atoms with E-state index in [1.165, 1.54) is 14.1 Å². The van der Waals surface area contributed by atoms with Crippen LogP contribution in [-0.2, 0) is 10.2 Å². The first kappa shape index (κ1) is 12.6. The number of nitrogens with zero attached hydrogens (tertiary/aromatic N) is 4. The summed E-state index contributed by atoms with van der Waals surface area (Å²) in [6, 6.07) is 1.70. The number of hydrogen-bond acceptors (Lipinski definition) is 4. The van der Waals surface area contributed by atoms with E-state index >= 15 is 0 Å². The third-order valence-electron chi connectivity index (χ3n) is 1.54. The molecule has 1 aromatic heterocycles. The molecule has 0 amide bonds. The molecule has 0 aliphatic rings. The quantitative estimate of drug-likeness (QED) is 0.788. The van der Waals surface area contributed by atoms with Gasteiger partial charge in [-0.2, -0.15) is 22.0 Å². The van der Waals surface area contributed by atoms with E-state index in [4.69, 9.17) is 5.26 Å². The van der Waals surface area contributed by atoms with Crippen LogP contribution in [-0.4, -0.2) is 35.8 Å². The fourth-order valence-corrected chi connectivity index (χ4v) is 2.99. The summed E-state index contributed by atoms with van der Waals surface area (Å²) < 4.78 is 25.9. The van der Waals surface area contributed by atoms with E-state index in [0.29, 0.717) is 0 Å². The van der Waals surface area contributed by atoms with Gasteiger partial charge in [-0.05, 0) is 31.9 Å². The van der Waals surface area contributed by atoms with Crippen LogP contribution in [0.25, 0.3) is 0 Å². The molecule has 9 heteroatoms. The number of hydrogen-bond donors (Lipinski definition) is 0. The van der Waals surface area contributed by atoms with E-state index in [-0.39, 0.29) is 15.0 Å². The standard InChI is InChI=1S/C6H6Br2N4O2S/c1-11(2)15(13,14)12-4(3-9)10-5(7)6(12)8/h1-2H3.